The molecule has 150 valence electrons. The molecule has 0 radical (unpaired) electrons. The lowest BCUT2D eigenvalue weighted by Gasteiger charge is -2.38. The summed E-state index contributed by atoms with van der Waals surface area (Å²) in [5.74, 6) is 2.51. The van der Waals surface area contributed by atoms with Crippen LogP contribution in [0.1, 0.15) is 37.4 Å². The zero-order chi connectivity index (χ0) is 20.3. The second-order valence-electron chi connectivity index (χ2n) is 7.68. The molecule has 3 aromatic rings. The Morgan fingerprint density at radius 1 is 1.24 bits per heavy atom. The van der Waals surface area contributed by atoms with Crippen LogP contribution in [0.5, 0.6) is 5.75 Å². The predicted octanol–water partition coefficient (Wildman–Crippen LogP) is 3.23. The van der Waals surface area contributed by atoms with Crippen LogP contribution in [0, 0.1) is 0 Å². The van der Waals surface area contributed by atoms with Crippen LogP contribution in [0.2, 0.25) is 0 Å². The molecule has 0 fully saturated rings. The SMILES string of the molecule is CN=C(NCc1cccnc1-n1ccnc1)NC1CC(C)(C)Oc2ccccc21. The van der Waals surface area contributed by atoms with Gasteiger partial charge < -0.3 is 15.4 Å². The van der Waals surface area contributed by atoms with Crippen molar-refractivity contribution in [1.82, 2.24) is 25.2 Å². The van der Waals surface area contributed by atoms with Gasteiger partial charge in [-0.2, -0.15) is 0 Å². The van der Waals surface area contributed by atoms with Gasteiger partial charge in [0.1, 0.15) is 23.5 Å². The number of guanidine groups is 1. The van der Waals surface area contributed by atoms with E-state index in [0.717, 1.165) is 35.1 Å². The molecule has 29 heavy (non-hydrogen) atoms. The fourth-order valence-corrected chi connectivity index (χ4v) is 3.65. The van der Waals surface area contributed by atoms with Crippen molar-refractivity contribution in [3.63, 3.8) is 0 Å². The summed E-state index contributed by atoms with van der Waals surface area (Å²) in [6.07, 6.45) is 8.02. The molecule has 0 bridgehead atoms. The molecule has 0 saturated heterocycles. The summed E-state index contributed by atoms with van der Waals surface area (Å²) in [6, 6.07) is 12.3. The Balaban J connectivity index is 1.49. The van der Waals surface area contributed by atoms with Gasteiger partial charge in [0.2, 0.25) is 0 Å². The average Bonchev–Trinajstić information content (AvgIpc) is 3.25. The number of nitrogens with one attached hydrogen (secondary N) is 2. The number of fused-ring (bicyclic) bond motifs is 1. The van der Waals surface area contributed by atoms with Crippen molar-refractivity contribution in [3.05, 3.63) is 72.4 Å². The summed E-state index contributed by atoms with van der Waals surface area (Å²) in [7, 11) is 1.78. The molecule has 0 spiro atoms. The second-order valence-corrected chi connectivity index (χ2v) is 7.68. The van der Waals surface area contributed by atoms with E-state index >= 15 is 0 Å². The van der Waals surface area contributed by atoms with Gasteiger partial charge >= 0.3 is 0 Å². The Morgan fingerprint density at radius 2 is 2.10 bits per heavy atom. The molecule has 3 heterocycles. The van der Waals surface area contributed by atoms with Crippen LogP contribution in [0.15, 0.2) is 66.3 Å². The number of ether oxygens (including phenoxy) is 1. The third kappa shape index (κ3) is 4.23. The molecule has 1 aromatic carbocycles. The fourth-order valence-electron chi connectivity index (χ4n) is 3.65. The summed E-state index contributed by atoms with van der Waals surface area (Å²) in [4.78, 5) is 13.0. The van der Waals surface area contributed by atoms with E-state index < -0.39 is 0 Å². The van der Waals surface area contributed by atoms with Crippen LogP contribution in [0.3, 0.4) is 0 Å². The van der Waals surface area contributed by atoms with E-state index in [4.69, 9.17) is 4.74 Å². The second kappa shape index (κ2) is 7.95. The average molecular weight is 390 g/mol. The van der Waals surface area contributed by atoms with E-state index in [-0.39, 0.29) is 11.6 Å². The van der Waals surface area contributed by atoms with Gasteiger partial charge in [0.05, 0.1) is 6.04 Å². The van der Waals surface area contributed by atoms with E-state index in [1.54, 1.807) is 25.8 Å². The highest BCUT2D eigenvalue weighted by Crippen LogP contribution is 2.39. The Hall–Kier alpha value is -3.35. The highest BCUT2D eigenvalue weighted by molar-refractivity contribution is 5.80. The van der Waals surface area contributed by atoms with Gasteiger partial charge in [-0.05, 0) is 26.0 Å². The molecule has 0 aliphatic carbocycles. The topological polar surface area (TPSA) is 76.4 Å². The van der Waals surface area contributed by atoms with E-state index in [1.807, 2.05) is 35.0 Å². The zero-order valence-corrected chi connectivity index (χ0v) is 17.0. The van der Waals surface area contributed by atoms with E-state index in [9.17, 15) is 0 Å². The van der Waals surface area contributed by atoms with E-state index in [0.29, 0.717) is 6.54 Å². The number of rotatable bonds is 4. The summed E-state index contributed by atoms with van der Waals surface area (Å²) < 4.78 is 8.04. The van der Waals surface area contributed by atoms with Crippen LogP contribution >= 0.6 is 0 Å². The number of nitrogens with zero attached hydrogens (tertiary/aromatic N) is 4. The molecule has 1 unspecified atom stereocenters. The molecular weight excluding hydrogens is 364 g/mol. The first-order valence-electron chi connectivity index (χ1n) is 9.73. The van der Waals surface area contributed by atoms with Crippen molar-refractivity contribution in [1.29, 1.82) is 0 Å². The first kappa shape index (κ1) is 19.0. The summed E-state index contributed by atoms with van der Waals surface area (Å²) in [5, 5.41) is 6.98. The molecule has 1 aliphatic heterocycles. The van der Waals surface area contributed by atoms with Crippen LogP contribution in [-0.2, 0) is 6.54 Å². The van der Waals surface area contributed by atoms with Crippen molar-refractivity contribution in [2.24, 2.45) is 4.99 Å². The molecule has 2 aromatic heterocycles. The molecule has 1 aliphatic rings. The van der Waals surface area contributed by atoms with Gasteiger partial charge in [-0.15, -0.1) is 0 Å². The maximum absolute atomic E-state index is 6.13. The van der Waals surface area contributed by atoms with Crippen LogP contribution in [0.4, 0.5) is 0 Å². The molecule has 1 atom stereocenters. The number of benzene rings is 1. The van der Waals surface area contributed by atoms with Crippen molar-refractivity contribution in [2.75, 3.05) is 7.05 Å². The molecule has 4 rings (SSSR count). The highest BCUT2D eigenvalue weighted by Gasteiger charge is 2.33. The van der Waals surface area contributed by atoms with Crippen molar-refractivity contribution >= 4 is 5.96 Å². The maximum Gasteiger partial charge on any atom is 0.191 e. The van der Waals surface area contributed by atoms with E-state index in [2.05, 4.69) is 51.6 Å². The summed E-state index contributed by atoms with van der Waals surface area (Å²) >= 11 is 0. The number of pyridine rings is 1. The van der Waals surface area contributed by atoms with Crippen LogP contribution in [0.25, 0.3) is 5.82 Å². The first-order valence-corrected chi connectivity index (χ1v) is 9.73. The minimum atomic E-state index is -0.247. The van der Waals surface area contributed by atoms with E-state index in [1.165, 1.54) is 0 Å². The predicted molar refractivity (Wildman–Crippen MR) is 113 cm³/mol. The highest BCUT2D eigenvalue weighted by atomic mass is 16.5. The minimum absolute atomic E-state index is 0.114. The zero-order valence-electron chi connectivity index (χ0n) is 17.0. The van der Waals surface area contributed by atoms with Crippen LogP contribution < -0.4 is 15.4 Å². The number of aliphatic imine (C=N–C) groups is 1. The fraction of sp³-hybridized carbons (Fsp3) is 0.318. The maximum atomic E-state index is 6.13. The largest absolute Gasteiger partial charge is 0.487 e. The van der Waals surface area contributed by atoms with Crippen molar-refractivity contribution < 1.29 is 4.74 Å². The molecule has 7 nitrogen and oxygen atoms in total. The third-order valence-electron chi connectivity index (χ3n) is 4.97. The lowest BCUT2D eigenvalue weighted by Crippen LogP contribution is -2.45. The van der Waals surface area contributed by atoms with Crippen molar-refractivity contribution in [2.45, 2.75) is 38.5 Å². The van der Waals surface area contributed by atoms with Crippen molar-refractivity contribution in [3.8, 4) is 11.6 Å². The lowest BCUT2D eigenvalue weighted by molar-refractivity contribution is 0.0694. The standard InChI is InChI=1S/C22H26N6O/c1-22(2)13-18(17-8-4-5-9-19(17)29-22)27-21(23-3)26-14-16-7-6-10-25-20(16)28-12-11-24-15-28/h4-12,15,18H,13-14H2,1-3H3,(H2,23,26,27). The number of imidazole rings is 1. The first-order chi connectivity index (χ1) is 14.1. The van der Waals surface area contributed by atoms with Gasteiger partial charge in [0.25, 0.3) is 0 Å². The molecule has 0 saturated carbocycles. The van der Waals surface area contributed by atoms with Gasteiger partial charge in [-0.25, -0.2) is 9.97 Å². The molecule has 0 amide bonds. The Bertz CT molecular complexity index is 996. The Labute approximate surface area is 170 Å². The molecule has 7 heteroatoms. The number of para-hydroxylation sites is 1. The van der Waals surface area contributed by atoms with Crippen LogP contribution in [-0.4, -0.2) is 33.1 Å². The Kier molecular flexibility index (Phi) is 5.20. The number of hydrogen-bond donors (Lipinski definition) is 2. The normalized spacial score (nSPS) is 17.9. The number of hydrogen-bond acceptors (Lipinski definition) is 4. The lowest BCUT2D eigenvalue weighted by atomic mass is 9.90. The molecule has 2 N–H and O–H groups in total. The minimum Gasteiger partial charge on any atom is -0.487 e. The number of aromatic nitrogens is 3. The van der Waals surface area contributed by atoms with Gasteiger partial charge in [-0.3, -0.25) is 9.56 Å². The smallest absolute Gasteiger partial charge is 0.191 e. The monoisotopic (exact) mass is 390 g/mol. The van der Waals surface area contributed by atoms with Gasteiger partial charge in [-0.1, -0.05) is 24.3 Å². The van der Waals surface area contributed by atoms with Gasteiger partial charge in [0, 0.05) is 49.7 Å². The third-order valence-corrected chi connectivity index (χ3v) is 4.97. The molecular formula is C22H26N6O. The summed E-state index contributed by atoms with van der Waals surface area (Å²) in [6.45, 7) is 4.82. The summed E-state index contributed by atoms with van der Waals surface area (Å²) in [5.41, 5.74) is 1.96. The van der Waals surface area contributed by atoms with Gasteiger partial charge in [0.15, 0.2) is 5.96 Å². The quantitative estimate of drug-likeness (QED) is 0.528. The Morgan fingerprint density at radius 3 is 2.90 bits per heavy atom.